The van der Waals surface area contributed by atoms with E-state index in [1.807, 2.05) is 13.0 Å². The van der Waals surface area contributed by atoms with Crippen molar-refractivity contribution in [3.05, 3.63) is 35.3 Å². The van der Waals surface area contributed by atoms with Gasteiger partial charge in [0.05, 0.1) is 19.2 Å². The number of hydrogen-bond donors (Lipinski definition) is 1. The predicted octanol–water partition coefficient (Wildman–Crippen LogP) is 2.83. The second-order valence-electron chi connectivity index (χ2n) is 4.18. The molecule has 0 aliphatic carbocycles. The summed E-state index contributed by atoms with van der Waals surface area (Å²) >= 11 is 0. The Labute approximate surface area is 105 Å². The molecule has 0 saturated heterocycles. The number of halogens is 1. The van der Waals surface area contributed by atoms with Gasteiger partial charge >= 0.3 is 0 Å². The number of aromatic nitrogens is 1. The maximum atomic E-state index is 13.6. The number of aliphatic hydroxyl groups is 1. The van der Waals surface area contributed by atoms with Crippen molar-refractivity contribution in [2.45, 2.75) is 26.4 Å². The molecule has 4 heteroatoms. The van der Waals surface area contributed by atoms with Gasteiger partial charge in [-0.25, -0.2) is 4.39 Å². The molecule has 0 unspecified atom stereocenters. The summed E-state index contributed by atoms with van der Waals surface area (Å²) in [5.41, 5.74) is 2.21. The average molecular weight is 249 g/mol. The standard InChI is InChI=1S/C14H16FNO2/c1-3-4-12-10(8-17)5-9-6-14(18-2)11(15)7-13(9)16-12/h5-7,17H,3-4,8H2,1-2H3. The van der Waals surface area contributed by atoms with Gasteiger partial charge in [0.15, 0.2) is 11.6 Å². The minimum absolute atomic E-state index is 0.0576. The van der Waals surface area contributed by atoms with Gasteiger partial charge < -0.3 is 9.84 Å². The van der Waals surface area contributed by atoms with E-state index in [2.05, 4.69) is 4.98 Å². The Bertz CT molecular complexity index is 569. The highest BCUT2D eigenvalue weighted by atomic mass is 19.1. The first-order valence-electron chi connectivity index (χ1n) is 5.96. The van der Waals surface area contributed by atoms with Crippen molar-refractivity contribution >= 4 is 10.9 Å². The van der Waals surface area contributed by atoms with Crippen LogP contribution in [-0.2, 0) is 13.0 Å². The lowest BCUT2D eigenvalue weighted by Gasteiger charge is -2.09. The van der Waals surface area contributed by atoms with Crippen molar-refractivity contribution in [1.29, 1.82) is 0 Å². The Balaban J connectivity index is 2.63. The van der Waals surface area contributed by atoms with Crippen molar-refractivity contribution in [3.8, 4) is 5.75 Å². The zero-order chi connectivity index (χ0) is 13.1. The number of benzene rings is 1. The fraction of sp³-hybridized carbons (Fsp3) is 0.357. The molecule has 1 aromatic carbocycles. The SMILES string of the molecule is CCCc1nc2cc(F)c(OC)cc2cc1CO. The Morgan fingerprint density at radius 3 is 2.72 bits per heavy atom. The van der Waals surface area contributed by atoms with E-state index in [-0.39, 0.29) is 12.4 Å². The van der Waals surface area contributed by atoms with E-state index in [9.17, 15) is 9.50 Å². The highest BCUT2D eigenvalue weighted by molar-refractivity contribution is 5.81. The Morgan fingerprint density at radius 2 is 2.11 bits per heavy atom. The monoisotopic (exact) mass is 249 g/mol. The molecule has 0 aliphatic rings. The summed E-state index contributed by atoms with van der Waals surface area (Å²) in [5.74, 6) is -0.229. The third-order valence-corrected chi connectivity index (χ3v) is 2.91. The van der Waals surface area contributed by atoms with Gasteiger partial charge in [-0.3, -0.25) is 4.98 Å². The number of hydrogen-bond acceptors (Lipinski definition) is 3. The molecule has 2 aromatic rings. The summed E-state index contributed by atoms with van der Waals surface area (Å²) in [7, 11) is 1.43. The van der Waals surface area contributed by atoms with Crippen LogP contribution in [0.2, 0.25) is 0 Å². The molecule has 0 saturated carbocycles. The second kappa shape index (κ2) is 5.31. The number of ether oxygens (including phenoxy) is 1. The minimum Gasteiger partial charge on any atom is -0.494 e. The second-order valence-corrected chi connectivity index (χ2v) is 4.18. The quantitative estimate of drug-likeness (QED) is 0.906. The Morgan fingerprint density at radius 1 is 1.33 bits per heavy atom. The fourth-order valence-corrected chi connectivity index (χ4v) is 2.01. The minimum atomic E-state index is -0.420. The van der Waals surface area contributed by atoms with Gasteiger partial charge in [0.25, 0.3) is 0 Å². The molecule has 96 valence electrons. The molecule has 1 N–H and O–H groups in total. The summed E-state index contributed by atoms with van der Waals surface area (Å²) in [6.45, 7) is 1.99. The molecule has 0 aliphatic heterocycles. The van der Waals surface area contributed by atoms with Gasteiger partial charge in [0.2, 0.25) is 0 Å². The molecule has 0 spiro atoms. The van der Waals surface area contributed by atoms with Gasteiger partial charge in [-0.2, -0.15) is 0 Å². The number of aryl methyl sites for hydroxylation is 1. The molecule has 1 heterocycles. The Kier molecular flexibility index (Phi) is 3.77. The maximum Gasteiger partial charge on any atom is 0.167 e. The summed E-state index contributed by atoms with van der Waals surface area (Å²) in [4.78, 5) is 4.42. The highest BCUT2D eigenvalue weighted by Crippen LogP contribution is 2.25. The van der Waals surface area contributed by atoms with Crippen molar-refractivity contribution in [3.63, 3.8) is 0 Å². The van der Waals surface area contributed by atoms with E-state index in [1.165, 1.54) is 13.2 Å². The lowest BCUT2D eigenvalue weighted by Crippen LogP contribution is -1.99. The smallest absolute Gasteiger partial charge is 0.167 e. The molecule has 0 radical (unpaired) electrons. The number of pyridine rings is 1. The third kappa shape index (κ3) is 2.29. The third-order valence-electron chi connectivity index (χ3n) is 2.91. The molecule has 18 heavy (non-hydrogen) atoms. The van der Waals surface area contributed by atoms with Crippen molar-refractivity contribution in [2.75, 3.05) is 7.11 Å². The van der Waals surface area contributed by atoms with Gasteiger partial charge in [-0.05, 0) is 24.1 Å². The zero-order valence-corrected chi connectivity index (χ0v) is 10.5. The molecule has 0 bridgehead atoms. The van der Waals surface area contributed by atoms with Gasteiger partial charge in [0.1, 0.15) is 0 Å². The highest BCUT2D eigenvalue weighted by Gasteiger charge is 2.10. The molecule has 2 rings (SSSR count). The van der Waals surface area contributed by atoms with Crippen molar-refractivity contribution in [2.24, 2.45) is 0 Å². The molecule has 1 aromatic heterocycles. The van der Waals surface area contributed by atoms with E-state index in [4.69, 9.17) is 4.74 Å². The molecular weight excluding hydrogens is 233 g/mol. The van der Waals surface area contributed by atoms with Crippen LogP contribution in [0, 0.1) is 5.82 Å². The lowest BCUT2D eigenvalue weighted by atomic mass is 10.1. The van der Waals surface area contributed by atoms with Crippen LogP contribution in [0.5, 0.6) is 5.75 Å². The first-order valence-corrected chi connectivity index (χ1v) is 5.96. The van der Waals surface area contributed by atoms with E-state index in [1.54, 1.807) is 6.07 Å². The first-order chi connectivity index (χ1) is 8.69. The number of nitrogens with zero attached hydrogens (tertiary/aromatic N) is 1. The van der Waals surface area contributed by atoms with Crippen molar-refractivity contribution in [1.82, 2.24) is 4.98 Å². The molecule has 0 atom stereocenters. The van der Waals surface area contributed by atoms with E-state index in [0.29, 0.717) is 5.52 Å². The number of rotatable bonds is 4. The average Bonchev–Trinajstić information content (AvgIpc) is 2.37. The van der Waals surface area contributed by atoms with Crippen LogP contribution in [0.15, 0.2) is 18.2 Å². The van der Waals surface area contributed by atoms with Crippen LogP contribution in [0.1, 0.15) is 24.6 Å². The summed E-state index contributed by atoms with van der Waals surface area (Å²) in [6.07, 6.45) is 1.71. The van der Waals surface area contributed by atoms with Gasteiger partial charge in [-0.1, -0.05) is 13.3 Å². The van der Waals surface area contributed by atoms with E-state index in [0.717, 1.165) is 29.5 Å². The first kappa shape index (κ1) is 12.8. The topological polar surface area (TPSA) is 42.4 Å². The number of fused-ring (bicyclic) bond motifs is 1. The largest absolute Gasteiger partial charge is 0.494 e. The lowest BCUT2D eigenvalue weighted by molar-refractivity contribution is 0.280. The molecule has 3 nitrogen and oxygen atoms in total. The van der Waals surface area contributed by atoms with Crippen LogP contribution in [0.4, 0.5) is 4.39 Å². The van der Waals surface area contributed by atoms with Crippen LogP contribution in [0.25, 0.3) is 10.9 Å². The van der Waals surface area contributed by atoms with Crippen LogP contribution < -0.4 is 4.74 Å². The van der Waals surface area contributed by atoms with Crippen LogP contribution in [-0.4, -0.2) is 17.2 Å². The zero-order valence-electron chi connectivity index (χ0n) is 10.5. The molecule has 0 amide bonds. The van der Waals surface area contributed by atoms with E-state index >= 15 is 0 Å². The van der Waals surface area contributed by atoms with Crippen LogP contribution >= 0.6 is 0 Å². The number of aliphatic hydroxyl groups excluding tert-OH is 1. The van der Waals surface area contributed by atoms with Crippen LogP contribution in [0.3, 0.4) is 0 Å². The summed E-state index contributed by atoms with van der Waals surface area (Å²) in [6, 6.07) is 4.82. The predicted molar refractivity (Wildman–Crippen MR) is 68.2 cm³/mol. The molecular formula is C14H16FNO2. The Hall–Kier alpha value is -1.68. The van der Waals surface area contributed by atoms with E-state index < -0.39 is 5.82 Å². The van der Waals surface area contributed by atoms with Crippen molar-refractivity contribution < 1.29 is 14.2 Å². The van der Waals surface area contributed by atoms with Gasteiger partial charge in [-0.15, -0.1) is 0 Å². The summed E-state index contributed by atoms with van der Waals surface area (Å²) < 4.78 is 18.5. The normalized spacial score (nSPS) is 10.9. The fourth-order valence-electron chi connectivity index (χ4n) is 2.01. The maximum absolute atomic E-state index is 13.6. The molecule has 0 fully saturated rings. The van der Waals surface area contributed by atoms with Gasteiger partial charge in [0, 0.05) is 17.1 Å². The summed E-state index contributed by atoms with van der Waals surface area (Å²) in [5, 5.41) is 10.1. The number of methoxy groups -OCH3 is 1.